The summed E-state index contributed by atoms with van der Waals surface area (Å²) in [6.07, 6.45) is 8.52. The zero-order valence-electron chi connectivity index (χ0n) is 38.6. The van der Waals surface area contributed by atoms with Gasteiger partial charge in [-0.05, 0) is 117 Å². The first-order chi connectivity index (χ1) is 34.7. The van der Waals surface area contributed by atoms with Gasteiger partial charge < -0.3 is 28.4 Å². The highest BCUT2D eigenvalue weighted by Crippen LogP contribution is 2.54. The Hall–Kier alpha value is -9.00. The van der Waals surface area contributed by atoms with Gasteiger partial charge in [0.1, 0.15) is 28.9 Å². The minimum atomic E-state index is -0.0721. The fourth-order valence-corrected chi connectivity index (χ4v) is 10.9. The van der Waals surface area contributed by atoms with Gasteiger partial charge in [0.05, 0.1) is 37.0 Å². The number of ether oxygens (including phenoxy) is 3. The standard InChI is InChI=1S/C64H46N2O4/c1-67-59-33-15-11-27-53(59)65(55-29-17-25-49-45-23-9-13-31-57(45)69-63(49)55)43-35-37-47-51(39-43)61(41-19-5-3-6-20-41)48-38-36-44(40-52(48)62(47)42-21-7-4-8-22-42)66(54-28-12-16-34-60(54)68-2)56-30-18-26-50-46-24-10-14-32-58(46)70-64(50)56/h3-40,45,57H,1-2H3. The third-order valence-electron chi connectivity index (χ3n) is 14.0. The minimum absolute atomic E-state index is 0.0721. The number of methoxy groups -OCH3 is 2. The molecule has 0 spiro atoms. The second kappa shape index (κ2) is 17.0. The summed E-state index contributed by atoms with van der Waals surface area (Å²) in [7, 11) is 3.47. The van der Waals surface area contributed by atoms with Gasteiger partial charge in [-0.3, -0.25) is 0 Å². The van der Waals surface area contributed by atoms with Crippen molar-refractivity contribution in [3.8, 4) is 39.5 Å². The van der Waals surface area contributed by atoms with E-state index >= 15 is 0 Å². The van der Waals surface area contributed by atoms with Gasteiger partial charge in [-0.15, -0.1) is 0 Å². The molecule has 336 valence electrons. The van der Waals surface area contributed by atoms with Gasteiger partial charge in [-0.2, -0.15) is 0 Å². The van der Waals surface area contributed by atoms with Gasteiger partial charge in [0.25, 0.3) is 0 Å². The van der Waals surface area contributed by atoms with Crippen molar-refractivity contribution in [2.45, 2.75) is 12.0 Å². The molecule has 0 bridgehead atoms. The number of hydrogen-bond acceptors (Lipinski definition) is 6. The average Bonchev–Trinajstić information content (AvgIpc) is 4.01. The van der Waals surface area contributed by atoms with Crippen LogP contribution in [-0.2, 0) is 0 Å². The van der Waals surface area contributed by atoms with E-state index in [0.717, 1.165) is 117 Å². The molecule has 1 aromatic heterocycles. The molecule has 0 fully saturated rings. The van der Waals surface area contributed by atoms with Crippen LogP contribution in [-0.4, -0.2) is 20.3 Å². The van der Waals surface area contributed by atoms with E-state index in [1.165, 1.54) is 5.56 Å². The first-order valence-corrected chi connectivity index (χ1v) is 23.7. The third kappa shape index (κ3) is 6.63. The Morgan fingerprint density at radius 2 is 0.929 bits per heavy atom. The van der Waals surface area contributed by atoms with Crippen LogP contribution in [0.25, 0.3) is 65.7 Å². The Bertz CT molecular complexity index is 3870. The van der Waals surface area contributed by atoms with Crippen molar-refractivity contribution < 1.29 is 18.6 Å². The molecule has 1 aliphatic carbocycles. The first-order valence-electron chi connectivity index (χ1n) is 23.7. The van der Waals surface area contributed by atoms with Gasteiger partial charge in [-0.25, -0.2) is 0 Å². The molecule has 1 aliphatic heterocycles. The van der Waals surface area contributed by atoms with Crippen LogP contribution in [0, 0.1) is 0 Å². The summed E-state index contributed by atoms with van der Waals surface area (Å²) in [6, 6.07) is 72.9. The van der Waals surface area contributed by atoms with Crippen LogP contribution >= 0.6 is 0 Å². The van der Waals surface area contributed by atoms with Crippen molar-refractivity contribution in [2.75, 3.05) is 24.0 Å². The quantitative estimate of drug-likeness (QED) is 0.127. The molecule has 2 aliphatic rings. The Morgan fingerprint density at radius 3 is 1.57 bits per heavy atom. The van der Waals surface area contributed by atoms with Crippen molar-refractivity contribution in [2.24, 2.45) is 0 Å². The van der Waals surface area contributed by atoms with Gasteiger partial charge in [0.2, 0.25) is 0 Å². The molecule has 2 atom stereocenters. The Balaban J connectivity index is 1.10. The second-order valence-electron chi connectivity index (χ2n) is 17.8. The van der Waals surface area contributed by atoms with Crippen LogP contribution in [0.1, 0.15) is 11.5 Å². The summed E-state index contributed by atoms with van der Waals surface area (Å²) >= 11 is 0. The largest absolute Gasteiger partial charge is 0.495 e. The van der Waals surface area contributed by atoms with Gasteiger partial charge in [-0.1, -0.05) is 158 Å². The van der Waals surface area contributed by atoms with Crippen LogP contribution in [0.5, 0.6) is 17.2 Å². The van der Waals surface area contributed by atoms with E-state index in [4.69, 9.17) is 18.6 Å². The molecule has 0 N–H and O–H groups in total. The number of rotatable bonds is 10. The average molecular weight is 907 g/mol. The SMILES string of the molecule is COc1ccccc1N(c1ccc2c(-c3ccccc3)c3cc(N(c4ccccc4OC)c4cccc5c4oc4ccccc45)ccc3c(-c3ccccc3)c2c1)c1cccc2c1OC1C=CC=CC21. The number of benzene rings is 10. The van der Waals surface area contributed by atoms with E-state index in [1.54, 1.807) is 14.2 Å². The molecule has 6 nitrogen and oxygen atoms in total. The zero-order chi connectivity index (χ0) is 46.7. The predicted molar refractivity (Wildman–Crippen MR) is 288 cm³/mol. The van der Waals surface area contributed by atoms with Crippen molar-refractivity contribution in [3.63, 3.8) is 0 Å². The summed E-state index contributed by atoms with van der Waals surface area (Å²) in [6.45, 7) is 0. The molecule has 0 radical (unpaired) electrons. The van der Waals surface area contributed by atoms with Crippen LogP contribution in [0.3, 0.4) is 0 Å². The van der Waals surface area contributed by atoms with Crippen molar-refractivity contribution >= 4 is 77.6 Å². The molecule has 2 heterocycles. The fraction of sp³-hybridized carbons (Fsp3) is 0.0625. The lowest BCUT2D eigenvalue weighted by Crippen LogP contribution is -2.16. The van der Waals surface area contributed by atoms with E-state index in [-0.39, 0.29) is 12.0 Å². The molecule has 13 rings (SSSR count). The van der Waals surface area contributed by atoms with Crippen molar-refractivity contribution in [1.82, 2.24) is 0 Å². The number of furan rings is 1. The number of allylic oxidation sites excluding steroid dienone is 2. The van der Waals surface area contributed by atoms with Gasteiger partial charge >= 0.3 is 0 Å². The summed E-state index contributed by atoms with van der Waals surface area (Å²) in [4.78, 5) is 4.58. The predicted octanol–water partition coefficient (Wildman–Crippen LogP) is 17.2. The number of fused-ring (bicyclic) bond motifs is 8. The molecular weight excluding hydrogens is 861 g/mol. The number of hydrogen-bond donors (Lipinski definition) is 0. The maximum absolute atomic E-state index is 6.86. The monoisotopic (exact) mass is 906 g/mol. The summed E-state index contributed by atoms with van der Waals surface area (Å²) < 4.78 is 25.8. The molecule has 70 heavy (non-hydrogen) atoms. The summed E-state index contributed by atoms with van der Waals surface area (Å²) in [5.74, 6) is 2.51. The normalized spacial score (nSPS) is 14.7. The minimum Gasteiger partial charge on any atom is -0.495 e. The van der Waals surface area contributed by atoms with Crippen LogP contribution in [0.4, 0.5) is 34.1 Å². The van der Waals surface area contributed by atoms with E-state index in [1.807, 2.05) is 36.4 Å². The molecule has 0 saturated carbocycles. The lowest BCUT2D eigenvalue weighted by atomic mass is 9.85. The molecule has 10 aromatic carbocycles. The fourth-order valence-electron chi connectivity index (χ4n) is 10.9. The van der Waals surface area contributed by atoms with Gasteiger partial charge in [0.15, 0.2) is 5.58 Å². The zero-order valence-corrected chi connectivity index (χ0v) is 38.6. The van der Waals surface area contributed by atoms with E-state index in [9.17, 15) is 0 Å². The van der Waals surface area contributed by atoms with Crippen LogP contribution < -0.4 is 24.0 Å². The summed E-state index contributed by atoms with van der Waals surface area (Å²) in [5, 5.41) is 6.59. The molecule has 2 unspecified atom stereocenters. The number of nitrogens with zero attached hydrogens (tertiary/aromatic N) is 2. The Kier molecular flexibility index (Phi) is 9.98. The lowest BCUT2D eigenvalue weighted by molar-refractivity contribution is 0.269. The highest BCUT2D eigenvalue weighted by Gasteiger charge is 2.36. The third-order valence-corrected chi connectivity index (χ3v) is 14.0. The Labute approximate surface area is 406 Å². The first kappa shape index (κ1) is 41.2. The maximum Gasteiger partial charge on any atom is 0.159 e. The molecular formula is C64H46N2O4. The smallest absolute Gasteiger partial charge is 0.159 e. The molecule has 11 aromatic rings. The number of anilines is 6. The Morgan fingerprint density at radius 1 is 0.414 bits per heavy atom. The molecule has 6 heteroatoms. The van der Waals surface area contributed by atoms with Gasteiger partial charge in [0, 0.05) is 33.6 Å². The topological polar surface area (TPSA) is 47.3 Å². The summed E-state index contributed by atoms with van der Waals surface area (Å²) in [5.41, 5.74) is 12.9. The maximum atomic E-state index is 6.86. The van der Waals surface area contributed by atoms with Crippen molar-refractivity contribution in [1.29, 1.82) is 0 Å². The molecule has 0 amide bonds. The number of para-hydroxylation sites is 7. The van der Waals surface area contributed by atoms with Crippen LogP contribution in [0.2, 0.25) is 0 Å². The highest BCUT2D eigenvalue weighted by molar-refractivity contribution is 6.23. The van der Waals surface area contributed by atoms with Crippen molar-refractivity contribution in [3.05, 3.63) is 236 Å². The van der Waals surface area contributed by atoms with E-state index in [2.05, 4.69) is 204 Å². The van der Waals surface area contributed by atoms with Crippen LogP contribution in [0.15, 0.2) is 235 Å². The van der Waals surface area contributed by atoms with E-state index < -0.39 is 0 Å². The molecule has 0 saturated heterocycles. The lowest BCUT2D eigenvalue weighted by Gasteiger charge is -2.30. The van der Waals surface area contributed by atoms with E-state index in [0.29, 0.717) is 0 Å². The second-order valence-corrected chi connectivity index (χ2v) is 17.8. The highest BCUT2D eigenvalue weighted by atomic mass is 16.5.